The van der Waals surface area contributed by atoms with Gasteiger partial charge in [0.2, 0.25) is 0 Å². The van der Waals surface area contributed by atoms with Crippen LogP contribution in [0, 0.1) is 5.92 Å². The molecule has 1 unspecified atom stereocenters. The minimum atomic E-state index is 0.479. The van der Waals surface area contributed by atoms with Gasteiger partial charge in [0.1, 0.15) is 5.52 Å². The van der Waals surface area contributed by atoms with E-state index >= 15 is 0 Å². The molecule has 2 aromatic rings. The normalized spacial score (nSPS) is 18.9. The number of nitrogens with zero attached hydrogens (tertiary/aromatic N) is 1. The summed E-state index contributed by atoms with van der Waals surface area (Å²) >= 11 is 0. The molecule has 1 fully saturated rings. The number of rotatable bonds is 3. The molecule has 0 spiro atoms. The van der Waals surface area contributed by atoms with Gasteiger partial charge in [-0.05, 0) is 48.9 Å². The number of hydrogen-bond acceptors (Lipinski definition) is 3. The smallest absolute Gasteiger partial charge is 0.181 e. The molecule has 3 heteroatoms. The second-order valence-electron chi connectivity index (χ2n) is 4.97. The molecule has 0 radical (unpaired) electrons. The van der Waals surface area contributed by atoms with Crippen molar-refractivity contribution in [2.45, 2.75) is 31.6 Å². The summed E-state index contributed by atoms with van der Waals surface area (Å²) < 4.78 is 5.36. The summed E-state index contributed by atoms with van der Waals surface area (Å²) in [6.45, 7) is 0.726. The Bertz CT molecular complexity index is 500. The Morgan fingerprint density at radius 3 is 2.94 bits per heavy atom. The minimum Gasteiger partial charge on any atom is -0.443 e. The zero-order valence-corrected chi connectivity index (χ0v) is 9.93. The molecule has 3 nitrogen and oxygen atoms in total. The molecule has 1 atom stereocenters. The van der Waals surface area contributed by atoms with Crippen molar-refractivity contribution in [3.05, 3.63) is 30.2 Å². The van der Waals surface area contributed by atoms with Crippen LogP contribution in [0.15, 0.2) is 29.0 Å². The van der Waals surface area contributed by atoms with Crippen molar-refractivity contribution in [2.24, 2.45) is 11.7 Å². The van der Waals surface area contributed by atoms with Gasteiger partial charge in [-0.15, -0.1) is 0 Å². The molecule has 1 aromatic heterocycles. The van der Waals surface area contributed by atoms with Crippen LogP contribution in [-0.4, -0.2) is 11.5 Å². The predicted molar refractivity (Wildman–Crippen MR) is 67.8 cm³/mol. The summed E-state index contributed by atoms with van der Waals surface area (Å²) in [6.07, 6.45) is 6.84. The first-order valence-corrected chi connectivity index (χ1v) is 6.41. The standard InChI is InChI=1S/C14H18N2O/c15-8-12(10-3-1-2-4-10)11-5-6-13-14(7-11)17-9-16-13/h5-7,9-10,12H,1-4,8,15H2. The zero-order valence-electron chi connectivity index (χ0n) is 9.93. The van der Waals surface area contributed by atoms with Gasteiger partial charge in [-0.25, -0.2) is 4.98 Å². The van der Waals surface area contributed by atoms with Gasteiger partial charge < -0.3 is 10.2 Å². The highest BCUT2D eigenvalue weighted by Gasteiger charge is 2.25. The van der Waals surface area contributed by atoms with E-state index in [1.165, 1.54) is 37.6 Å². The van der Waals surface area contributed by atoms with E-state index < -0.39 is 0 Å². The van der Waals surface area contributed by atoms with Gasteiger partial charge in [-0.1, -0.05) is 18.9 Å². The van der Waals surface area contributed by atoms with Crippen LogP contribution in [-0.2, 0) is 0 Å². The predicted octanol–water partition coefficient (Wildman–Crippen LogP) is 3.06. The zero-order chi connectivity index (χ0) is 11.7. The maximum absolute atomic E-state index is 5.96. The van der Waals surface area contributed by atoms with E-state index in [9.17, 15) is 0 Å². The third kappa shape index (κ3) is 1.95. The molecular formula is C14H18N2O. The van der Waals surface area contributed by atoms with E-state index in [4.69, 9.17) is 10.2 Å². The highest BCUT2D eigenvalue weighted by Crippen LogP contribution is 2.37. The molecule has 1 aliphatic carbocycles. The third-order valence-electron chi connectivity index (χ3n) is 4.01. The number of oxazole rings is 1. The van der Waals surface area contributed by atoms with Gasteiger partial charge in [0.05, 0.1) is 0 Å². The van der Waals surface area contributed by atoms with E-state index in [-0.39, 0.29) is 0 Å². The number of aromatic nitrogens is 1. The van der Waals surface area contributed by atoms with E-state index in [1.54, 1.807) is 0 Å². The van der Waals surface area contributed by atoms with Crippen LogP contribution in [0.25, 0.3) is 11.1 Å². The monoisotopic (exact) mass is 230 g/mol. The lowest BCUT2D eigenvalue weighted by Gasteiger charge is -2.22. The molecule has 0 bridgehead atoms. The molecule has 0 aliphatic heterocycles. The summed E-state index contributed by atoms with van der Waals surface area (Å²) in [5.74, 6) is 1.23. The molecule has 90 valence electrons. The Morgan fingerprint density at radius 1 is 1.35 bits per heavy atom. The average molecular weight is 230 g/mol. The molecule has 0 amide bonds. The number of fused-ring (bicyclic) bond motifs is 1. The van der Waals surface area contributed by atoms with Crippen LogP contribution in [0.3, 0.4) is 0 Å². The molecular weight excluding hydrogens is 212 g/mol. The summed E-state index contributed by atoms with van der Waals surface area (Å²) in [6, 6.07) is 6.30. The summed E-state index contributed by atoms with van der Waals surface area (Å²) in [5.41, 5.74) is 9.07. The fourth-order valence-corrected chi connectivity index (χ4v) is 3.06. The van der Waals surface area contributed by atoms with E-state index in [0.29, 0.717) is 5.92 Å². The minimum absolute atomic E-state index is 0.479. The van der Waals surface area contributed by atoms with Crippen molar-refractivity contribution >= 4 is 11.1 Å². The second-order valence-corrected chi connectivity index (χ2v) is 4.97. The second kappa shape index (κ2) is 4.49. The highest BCUT2D eigenvalue weighted by atomic mass is 16.3. The van der Waals surface area contributed by atoms with Crippen molar-refractivity contribution in [3.63, 3.8) is 0 Å². The SMILES string of the molecule is NCC(c1ccc2ncoc2c1)C1CCCC1. The maximum atomic E-state index is 5.96. The average Bonchev–Trinajstić information content (AvgIpc) is 2.99. The molecule has 0 saturated heterocycles. The van der Waals surface area contributed by atoms with Gasteiger partial charge in [0, 0.05) is 0 Å². The van der Waals surface area contributed by atoms with Gasteiger partial charge >= 0.3 is 0 Å². The summed E-state index contributed by atoms with van der Waals surface area (Å²) in [4.78, 5) is 4.14. The molecule has 1 heterocycles. The van der Waals surface area contributed by atoms with Crippen molar-refractivity contribution in [3.8, 4) is 0 Å². The highest BCUT2D eigenvalue weighted by molar-refractivity contribution is 5.72. The largest absolute Gasteiger partial charge is 0.443 e. The lowest BCUT2D eigenvalue weighted by molar-refractivity contribution is 0.440. The van der Waals surface area contributed by atoms with Crippen molar-refractivity contribution in [1.82, 2.24) is 4.98 Å². The van der Waals surface area contributed by atoms with Crippen molar-refractivity contribution in [1.29, 1.82) is 0 Å². The lowest BCUT2D eigenvalue weighted by atomic mass is 9.85. The first kappa shape index (κ1) is 10.8. The van der Waals surface area contributed by atoms with Crippen LogP contribution < -0.4 is 5.73 Å². The maximum Gasteiger partial charge on any atom is 0.181 e. The molecule has 1 aromatic carbocycles. The molecule has 2 N–H and O–H groups in total. The Morgan fingerprint density at radius 2 is 2.18 bits per heavy atom. The van der Waals surface area contributed by atoms with E-state index in [2.05, 4.69) is 17.1 Å². The van der Waals surface area contributed by atoms with E-state index in [1.807, 2.05) is 6.07 Å². The lowest BCUT2D eigenvalue weighted by Crippen LogP contribution is -2.19. The Balaban J connectivity index is 1.93. The first-order valence-electron chi connectivity index (χ1n) is 6.41. The Kier molecular flexibility index (Phi) is 2.85. The number of benzene rings is 1. The number of hydrogen-bond donors (Lipinski definition) is 1. The first-order chi connectivity index (χ1) is 8.38. The topological polar surface area (TPSA) is 52.0 Å². The molecule has 1 saturated carbocycles. The number of nitrogens with two attached hydrogens (primary N) is 1. The van der Waals surface area contributed by atoms with Crippen molar-refractivity contribution < 1.29 is 4.42 Å². The Hall–Kier alpha value is -1.35. The van der Waals surface area contributed by atoms with Crippen LogP contribution >= 0.6 is 0 Å². The summed E-state index contributed by atoms with van der Waals surface area (Å²) in [7, 11) is 0. The van der Waals surface area contributed by atoms with Gasteiger partial charge in [0.15, 0.2) is 12.0 Å². The van der Waals surface area contributed by atoms with Crippen LogP contribution in [0.4, 0.5) is 0 Å². The van der Waals surface area contributed by atoms with Gasteiger partial charge in [-0.2, -0.15) is 0 Å². The molecule has 1 aliphatic rings. The molecule has 17 heavy (non-hydrogen) atoms. The van der Waals surface area contributed by atoms with E-state index in [0.717, 1.165) is 23.6 Å². The fraction of sp³-hybridized carbons (Fsp3) is 0.500. The Labute approximate surface area is 101 Å². The fourth-order valence-electron chi connectivity index (χ4n) is 3.06. The van der Waals surface area contributed by atoms with Crippen LogP contribution in [0.5, 0.6) is 0 Å². The van der Waals surface area contributed by atoms with Gasteiger partial charge in [0.25, 0.3) is 0 Å². The quantitative estimate of drug-likeness (QED) is 0.881. The molecule has 3 rings (SSSR count). The van der Waals surface area contributed by atoms with Crippen LogP contribution in [0.1, 0.15) is 37.2 Å². The van der Waals surface area contributed by atoms with Gasteiger partial charge in [-0.3, -0.25) is 0 Å². The third-order valence-corrected chi connectivity index (χ3v) is 4.01. The van der Waals surface area contributed by atoms with Crippen molar-refractivity contribution in [2.75, 3.05) is 6.54 Å². The summed E-state index contributed by atoms with van der Waals surface area (Å²) in [5, 5.41) is 0. The van der Waals surface area contributed by atoms with Crippen LogP contribution in [0.2, 0.25) is 0 Å².